The van der Waals surface area contributed by atoms with Crippen LogP contribution in [0.25, 0.3) is 0 Å². The lowest BCUT2D eigenvalue weighted by molar-refractivity contribution is 0.167. The first-order chi connectivity index (χ1) is 6.09. The average Bonchev–Trinajstić information content (AvgIpc) is 2.51. The Hall–Kier alpha value is -0.0800. The number of nitrogens with zero attached hydrogens (tertiary/aromatic N) is 1. The standard InChI is InChI=1S/C11H24N2/c1-4-10-6-5-7-13(10)9-11(2,3)8-12/h10H,4-9,12H2,1-3H3. The zero-order valence-electron chi connectivity index (χ0n) is 9.34. The Kier molecular flexibility index (Phi) is 3.74. The van der Waals surface area contributed by atoms with Crippen molar-refractivity contribution >= 4 is 0 Å². The Morgan fingerprint density at radius 1 is 1.46 bits per heavy atom. The van der Waals surface area contributed by atoms with E-state index in [1.807, 2.05) is 0 Å². The molecule has 0 radical (unpaired) electrons. The van der Waals surface area contributed by atoms with Crippen LogP contribution in [0.15, 0.2) is 0 Å². The van der Waals surface area contributed by atoms with Crippen LogP contribution in [0.1, 0.15) is 40.0 Å². The van der Waals surface area contributed by atoms with Gasteiger partial charge in [-0.3, -0.25) is 4.90 Å². The van der Waals surface area contributed by atoms with Gasteiger partial charge in [0.2, 0.25) is 0 Å². The fourth-order valence-electron chi connectivity index (χ4n) is 2.18. The Morgan fingerprint density at radius 3 is 2.69 bits per heavy atom. The highest BCUT2D eigenvalue weighted by Crippen LogP contribution is 2.24. The van der Waals surface area contributed by atoms with E-state index in [2.05, 4.69) is 25.7 Å². The van der Waals surface area contributed by atoms with Gasteiger partial charge in [-0.1, -0.05) is 20.8 Å². The lowest BCUT2D eigenvalue weighted by atomic mass is 9.92. The van der Waals surface area contributed by atoms with Crippen molar-refractivity contribution in [1.29, 1.82) is 0 Å². The molecule has 1 fully saturated rings. The summed E-state index contributed by atoms with van der Waals surface area (Å²) in [6.45, 7) is 10.1. The minimum atomic E-state index is 0.289. The molecule has 0 aromatic carbocycles. The molecule has 1 heterocycles. The van der Waals surface area contributed by atoms with Crippen molar-refractivity contribution in [2.24, 2.45) is 11.1 Å². The van der Waals surface area contributed by atoms with Gasteiger partial charge in [-0.2, -0.15) is 0 Å². The SMILES string of the molecule is CCC1CCCN1CC(C)(C)CN. The molecule has 0 saturated carbocycles. The van der Waals surface area contributed by atoms with Crippen LogP contribution >= 0.6 is 0 Å². The van der Waals surface area contributed by atoms with E-state index in [1.54, 1.807) is 0 Å². The summed E-state index contributed by atoms with van der Waals surface area (Å²) in [5.74, 6) is 0. The molecule has 0 aliphatic carbocycles. The monoisotopic (exact) mass is 184 g/mol. The lowest BCUT2D eigenvalue weighted by Crippen LogP contribution is -2.40. The highest BCUT2D eigenvalue weighted by atomic mass is 15.2. The number of hydrogen-bond donors (Lipinski definition) is 1. The van der Waals surface area contributed by atoms with E-state index in [1.165, 1.54) is 32.4 Å². The zero-order valence-corrected chi connectivity index (χ0v) is 9.34. The molecular formula is C11H24N2. The van der Waals surface area contributed by atoms with Gasteiger partial charge in [-0.25, -0.2) is 0 Å². The molecule has 0 amide bonds. The quantitative estimate of drug-likeness (QED) is 0.722. The van der Waals surface area contributed by atoms with Crippen LogP contribution in [0.4, 0.5) is 0 Å². The molecule has 1 rings (SSSR count). The first kappa shape index (κ1) is 11.0. The van der Waals surface area contributed by atoms with Crippen LogP contribution in [0.2, 0.25) is 0 Å². The normalized spacial score (nSPS) is 25.4. The Morgan fingerprint density at radius 2 is 2.15 bits per heavy atom. The van der Waals surface area contributed by atoms with Gasteiger partial charge in [0.25, 0.3) is 0 Å². The molecule has 1 aliphatic rings. The molecule has 13 heavy (non-hydrogen) atoms. The van der Waals surface area contributed by atoms with E-state index in [9.17, 15) is 0 Å². The average molecular weight is 184 g/mol. The van der Waals surface area contributed by atoms with Crippen LogP contribution in [-0.4, -0.2) is 30.6 Å². The molecule has 2 heteroatoms. The van der Waals surface area contributed by atoms with Crippen LogP contribution in [0.3, 0.4) is 0 Å². The van der Waals surface area contributed by atoms with E-state index < -0.39 is 0 Å². The Balaban J connectivity index is 2.43. The van der Waals surface area contributed by atoms with Gasteiger partial charge in [-0.15, -0.1) is 0 Å². The van der Waals surface area contributed by atoms with Crippen LogP contribution in [0.5, 0.6) is 0 Å². The first-order valence-electron chi connectivity index (χ1n) is 5.53. The second kappa shape index (κ2) is 4.43. The van der Waals surface area contributed by atoms with Crippen molar-refractivity contribution in [1.82, 2.24) is 4.90 Å². The number of likely N-dealkylation sites (tertiary alicyclic amines) is 1. The molecular weight excluding hydrogens is 160 g/mol. The molecule has 1 unspecified atom stereocenters. The molecule has 2 nitrogen and oxygen atoms in total. The fraction of sp³-hybridized carbons (Fsp3) is 1.00. The molecule has 1 saturated heterocycles. The third-order valence-electron chi connectivity index (χ3n) is 3.15. The smallest absolute Gasteiger partial charge is 0.00933 e. The predicted molar refractivity (Wildman–Crippen MR) is 57.7 cm³/mol. The summed E-state index contributed by atoms with van der Waals surface area (Å²) in [6, 6.07) is 0.825. The van der Waals surface area contributed by atoms with Crippen LogP contribution < -0.4 is 5.73 Å². The second-order valence-corrected chi connectivity index (χ2v) is 5.04. The van der Waals surface area contributed by atoms with Crippen molar-refractivity contribution in [2.75, 3.05) is 19.6 Å². The first-order valence-corrected chi connectivity index (χ1v) is 5.53. The fourth-order valence-corrected chi connectivity index (χ4v) is 2.18. The minimum absolute atomic E-state index is 0.289. The highest BCUT2D eigenvalue weighted by Gasteiger charge is 2.27. The maximum absolute atomic E-state index is 5.74. The van der Waals surface area contributed by atoms with E-state index in [0.29, 0.717) is 0 Å². The number of nitrogens with two attached hydrogens (primary N) is 1. The molecule has 2 N–H and O–H groups in total. The van der Waals surface area contributed by atoms with Gasteiger partial charge in [0, 0.05) is 12.6 Å². The van der Waals surface area contributed by atoms with Crippen LogP contribution in [-0.2, 0) is 0 Å². The summed E-state index contributed by atoms with van der Waals surface area (Å²) < 4.78 is 0. The lowest BCUT2D eigenvalue weighted by Gasteiger charge is -2.32. The molecule has 0 bridgehead atoms. The predicted octanol–water partition coefficient (Wildman–Crippen LogP) is 1.85. The third kappa shape index (κ3) is 2.96. The van der Waals surface area contributed by atoms with Gasteiger partial charge < -0.3 is 5.73 Å². The van der Waals surface area contributed by atoms with Crippen molar-refractivity contribution in [3.63, 3.8) is 0 Å². The maximum Gasteiger partial charge on any atom is 0.00933 e. The van der Waals surface area contributed by atoms with Gasteiger partial charge in [-0.05, 0) is 37.8 Å². The van der Waals surface area contributed by atoms with Gasteiger partial charge in [0.05, 0.1) is 0 Å². The summed E-state index contributed by atoms with van der Waals surface area (Å²) >= 11 is 0. The van der Waals surface area contributed by atoms with E-state index in [4.69, 9.17) is 5.73 Å². The maximum atomic E-state index is 5.74. The van der Waals surface area contributed by atoms with E-state index >= 15 is 0 Å². The number of hydrogen-bond acceptors (Lipinski definition) is 2. The van der Waals surface area contributed by atoms with Crippen molar-refractivity contribution in [3.8, 4) is 0 Å². The molecule has 0 aromatic rings. The topological polar surface area (TPSA) is 29.3 Å². The summed E-state index contributed by atoms with van der Waals surface area (Å²) in [5.41, 5.74) is 6.03. The molecule has 78 valence electrons. The molecule has 1 atom stereocenters. The van der Waals surface area contributed by atoms with Crippen LogP contribution in [0, 0.1) is 5.41 Å². The largest absolute Gasteiger partial charge is 0.330 e. The third-order valence-corrected chi connectivity index (χ3v) is 3.15. The summed E-state index contributed by atoms with van der Waals surface area (Å²) in [5, 5.41) is 0. The van der Waals surface area contributed by atoms with E-state index in [-0.39, 0.29) is 5.41 Å². The molecule has 0 spiro atoms. The summed E-state index contributed by atoms with van der Waals surface area (Å²) in [4.78, 5) is 2.62. The number of rotatable bonds is 4. The van der Waals surface area contributed by atoms with Gasteiger partial charge >= 0.3 is 0 Å². The zero-order chi connectivity index (χ0) is 9.90. The highest BCUT2D eigenvalue weighted by molar-refractivity contribution is 4.83. The van der Waals surface area contributed by atoms with Gasteiger partial charge in [0.15, 0.2) is 0 Å². The summed E-state index contributed by atoms with van der Waals surface area (Å²) in [6.07, 6.45) is 4.05. The van der Waals surface area contributed by atoms with Crippen molar-refractivity contribution < 1.29 is 0 Å². The molecule has 1 aliphatic heterocycles. The van der Waals surface area contributed by atoms with Gasteiger partial charge in [0.1, 0.15) is 0 Å². The Bertz CT molecular complexity index is 154. The van der Waals surface area contributed by atoms with E-state index in [0.717, 1.165) is 12.6 Å². The minimum Gasteiger partial charge on any atom is -0.330 e. The van der Waals surface area contributed by atoms with Crippen molar-refractivity contribution in [3.05, 3.63) is 0 Å². The van der Waals surface area contributed by atoms with Crippen molar-refractivity contribution in [2.45, 2.75) is 46.1 Å². The second-order valence-electron chi connectivity index (χ2n) is 5.04. The Labute approximate surface area is 82.5 Å². The molecule has 0 aromatic heterocycles. The summed E-state index contributed by atoms with van der Waals surface area (Å²) in [7, 11) is 0.